The maximum atomic E-state index is 13.8. The van der Waals surface area contributed by atoms with Gasteiger partial charge in [0.25, 0.3) is 5.91 Å². The van der Waals surface area contributed by atoms with E-state index in [1.807, 2.05) is 18.2 Å². The molecule has 0 saturated carbocycles. The van der Waals surface area contributed by atoms with E-state index in [9.17, 15) is 9.18 Å². The molecule has 122 valence electrons. The van der Waals surface area contributed by atoms with Crippen molar-refractivity contribution in [2.45, 2.75) is 6.54 Å². The van der Waals surface area contributed by atoms with Crippen molar-refractivity contribution in [3.05, 3.63) is 81.7 Å². The lowest BCUT2D eigenvalue weighted by Crippen LogP contribution is -2.17. The summed E-state index contributed by atoms with van der Waals surface area (Å²) >= 11 is 11.7. The van der Waals surface area contributed by atoms with Crippen LogP contribution in [0.3, 0.4) is 0 Å². The number of nitrogens with zero attached hydrogens (tertiary/aromatic N) is 2. The summed E-state index contributed by atoms with van der Waals surface area (Å²) in [5, 5.41) is 7.67. The van der Waals surface area contributed by atoms with Crippen LogP contribution in [0.5, 0.6) is 0 Å². The number of rotatable bonds is 4. The van der Waals surface area contributed by atoms with Crippen LogP contribution in [0.2, 0.25) is 10.0 Å². The highest BCUT2D eigenvalue weighted by atomic mass is 35.5. The SMILES string of the molecule is O=C(Nc1ccnn1Cc1cccc(Cl)c1)c1ccc(Cl)cc1F. The number of hydrogen-bond acceptors (Lipinski definition) is 2. The molecule has 0 saturated heterocycles. The molecule has 1 amide bonds. The van der Waals surface area contributed by atoms with Crippen molar-refractivity contribution in [2.75, 3.05) is 5.32 Å². The van der Waals surface area contributed by atoms with Crippen molar-refractivity contribution in [3.8, 4) is 0 Å². The van der Waals surface area contributed by atoms with Crippen molar-refractivity contribution in [1.82, 2.24) is 9.78 Å². The third-order valence-electron chi connectivity index (χ3n) is 3.36. The summed E-state index contributed by atoms with van der Waals surface area (Å²) in [4.78, 5) is 12.2. The molecule has 4 nitrogen and oxygen atoms in total. The summed E-state index contributed by atoms with van der Waals surface area (Å²) in [6.45, 7) is 0.423. The Morgan fingerprint density at radius 2 is 1.92 bits per heavy atom. The lowest BCUT2D eigenvalue weighted by Gasteiger charge is -2.10. The molecule has 2 aromatic carbocycles. The minimum atomic E-state index is -0.680. The molecule has 3 rings (SSSR count). The van der Waals surface area contributed by atoms with Gasteiger partial charge in [0, 0.05) is 16.1 Å². The van der Waals surface area contributed by atoms with Crippen molar-refractivity contribution in [1.29, 1.82) is 0 Å². The topological polar surface area (TPSA) is 46.9 Å². The largest absolute Gasteiger partial charge is 0.307 e. The zero-order chi connectivity index (χ0) is 17.1. The van der Waals surface area contributed by atoms with Crippen LogP contribution in [0.15, 0.2) is 54.7 Å². The van der Waals surface area contributed by atoms with Crippen LogP contribution in [0.1, 0.15) is 15.9 Å². The van der Waals surface area contributed by atoms with Gasteiger partial charge >= 0.3 is 0 Å². The van der Waals surface area contributed by atoms with Crippen LogP contribution in [0.4, 0.5) is 10.2 Å². The molecule has 0 spiro atoms. The van der Waals surface area contributed by atoms with Crippen LogP contribution in [0.25, 0.3) is 0 Å². The van der Waals surface area contributed by atoms with E-state index >= 15 is 0 Å². The Balaban J connectivity index is 1.79. The van der Waals surface area contributed by atoms with Gasteiger partial charge in [0.05, 0.1) is 18.3 Å². The number of benzene rings is 2. The molecular formula is C17H12Cl2FN3O. The van der Waals surface area contributed by atoms with Gasteiger partial charge in [0.2, 0.25) is 0 Å². The van der Waals surface area contributed by atoms with E-state index in [0.29, 0.717) is 17.4 Å². The Hall–Kier alpha value is -2.37. The zero-order valence-corrected chi connectivity index (χ0v) is 13.9. The molecule has 1 aromatic heterocycles. The summed E-state index contributed by atoms with van der Waals surface area (Å²) in [5.74, 6) is -0.799. The average molecular weight is 364 g/mol. The lowest BCUT2D eigenvalue weighted by atomic mass is 10.2. The van der Waals surface area contributed by atoms with Crippen molar-refractivity contribution >= 4 is 34.9 Å². The second kappa shape index (κ2) is 7.03. The third-order valence-corrected chi connectivity index (χ3v) is 3.83. The second-order valence-corrected chi connectivity index (χ2v) is 5.96. The number of nitrogens with one attached hydrogen (secondary N) is 1. The predicted molar refractivity (Wildman–Crippen MR) is 92.1 cm³/mol. The molecule has 1 N–H and O–H groups in total. The zero-order valence-electron chi connectivity index (χ0n) is 12.3. The maximum absolute atomic E-state index is 13.8. The standard InChI is InChI=1S/C17H12Cl2FN3O/c18-12-3-1-2-11(8-12)10-23-16(6-7-21-23)22-17(24)14-5-4-13(19)9-15(14)20/h1-9H,10H2,(H,22,24). The Morgan fingerprint density at radius 1 is 1.12 bits per heavy atom. The van der Waals surface area contributed by atoms with Crippen LogP contribution in [0, 0.1) is 5.82 Å². The predicted octanol–water partition coefficient (Wildman–Crippen LogP) is 4.63. The van der Waals surface area contributed by atoms with Gasteiger partial charge in [-0.1, -0.05) is 35.3 Å². The first-order valence-corrected chi connectivity index (χ1v) is 7.81. The first-order chi connectivity index (χ1) is 11.5. The summed E-state index contributed by atoms with van der Waals surface area (Å²) in [5.41, 5.74) is 0.842. The van der Waals surface area contributed by atoms with Crippen molar-refractivity contribution < 1.29 is 9.18 Å². The van der Waals surface area contributed by atoms with Gasteiger partial charge in [0.1, 0.15) is 11.6 Å². The average Bonchev–Trinajstić information content (AvgIpc) is 2.94. The van der Waals surface area contributed by atoms with Crippen LogP contribution >= 0.6 is 23.2 Å². The molecule has 0 bridgehead atoms. The number of carbonyl (C=O) groups is 1. The molecule has 0 fully saturated rings. The first-order valence-electron chi connectivity index (χ1n) is 7.05. The molecule has 0 atom stereocenters. The third kappa shape index (κ3) is 3.75. The second-order valence-electron chi connectivity index (χ2n) is 5.08. The number of halogens is 3. The van der Waals surface area contributed by atoms with E-state index in [4.69, 9.17) is 23.2 Å². The molecule has 3 aromatic rings. The smallest absolute Gasteiger partial charge is 0.259 e. The van der Waals surface area contributed by atoms with Gasteiger partial charge in [-0.25, -0.2) is 9.07 Å². The van der Waals surface area contributed by atoms with Gasteiger partial charge in [-0.2, -0.15) is 5.10 Å². The number of hydrogen-bond donors (Lipinski definition) is 1. The minimum Gasteiger partial charge on any atom is -0.307 e. The normalized spacial score (nSPS) is 10.6. The Labute approximate surface area is 147 Å². The van der Waals surface area contributed by atoms with E-state index in [1.165, 1.54) is 12.1 Å². The number of carbonyl (C=O) groups excluding carboxylic acids is 1. The van der Waals surface area contributed by atoms with Gasteiger partial charge in [-0.15, -0.1) is 0 Å². The fraction of sp³-hybridized carbons (Fsp3) is 0.0588. The van der Waals surface area contributed by atoms with Crippen LogP contribution in [-0.4, -0.2) is 15.7 Å². The van der Waals surface area contributed by atoms with Crippen LogP contribution < -0.4 is 5.32 Å². The highest BCUT2D eigenvalue weighted by molar-refractivity contribution is 6.31. The fourth-order valence-electron chi connectivity index (χ4n) is 2.23. The van der Waals surface area contributed by atoms with E-state index in [-0.39, 0.29) is 10.6 Å². The Kier molecular flexibility index (Phi) is 4.83. The van der Waals surface area contributed by atoms with Crippen molar-refractivity contribution in [3.63, 3.8) is 0 Å². The Morgan fingerprint density at radius 3 is 2.67 bits per heavy atom. The van der Waals surface area contributed by atoms with E-state index in [2.05, 4.69) is 10.4 Å². The molecular weight excluding hydrogens is 352 g/mol. The molecule has 1 heterocycles. The molecule has 24 heavy (non-hydrogen) atoms. The monoisotopic (exact) mass is 363 g/mol. The molecule has 7 heteroatoms. The molecule has 0 aliphatic heterocycles. The Bertz CT molecular complexity index is 895. The first kappa shape index (κ1) is 16.5. The fourth-order valence-corrected chi connectivity index (χ4v) is 2.60. The quantitative estimate of drug-likeness (QED) is 0.734. The van der Waals surface area contributed by atoms with E-state index in [1.54, 1.807) is 23.0 Å². The van der Waals surface area contributed by atoms with Gasteiger partial charge in [-0.05, 0) is 35.9 Å². The number of amides is 1. The minimum absolute atomic E-state index is 0.0881. The van der Waals surface area contributed by atoms with E-state index < -0.39 is 11.7 Å². The molecule has 0 unspecified atom stereocenters. The summed E-state index contributed by atoms with van der Waals surface area (Å²) < 4.78 is 15.4. The highest BCUT2D eigenvalue weighted by Gasteiger charge is 2.14. The maximum Gasteiger partial charge on any atom is 0.259 e. The summed E-state index contributed by atoms with van der Waals surface area (Å²) in [7, 11) is 0. The van der Waals surface area contributed by atoms with Gasteiger partial charge in [-0.3, -0.25) is 4.79 Å². The molecule has 0 aliphatic carbocycles. The van der Waals surface area contributed by atoms with Gasteiger partial charge in [0.15, 0.2) is 0 Å². The van der Waals surface area contributed by atoms with Gasteiger partial charge < -0.3 is 5.32 Å². The summed E-state index contributed by atoms with van der Waals surface area (Å²) in [6, 6.07) is 12.9. The molecule has 0 aliphatic rings. The van der Waals surface area contributed by atoms with E-state index in [0.717, 1.165) is 11.6 Å². The highest BCUT2D eigenvalue weighted by Crippen LogP contribution is 2.18. The van der Waals surface area contributed by atoms with Crippen molar-refractivity contribution in [2.24, 2.45) is 0 Å². The number of aromatic nitrogens is 2. The van der Waals surface area contributed by atoms with Crippen LogP contribution in [-0.2, 0) is 6.54 Å². The number of anilines is 1. The lowest BCUT2D eigenvalue weighted by molar-refractivity contribution is 0.102. The molecule has 0 radical (unpaired) electrons. The summed E-state index contributed by atoms with van der Waals surface area (Å²) in [6.07, 6.45) is 1.55.